The van der Waals surface area contributed by atoms with Crippen LogP contribution in [0.25, 0.3) is 0 Å². The Balaban J connectivity index is 2.51. The van der Waals surface area contributed by atoms with E-state index in [1.807, 2.05) is 0 Å². The first-order valence-corrected chi connectivity index (χ1v) is 7.63. The second kappa shape index (κ2) is 9.77. The Morgan fingerprint density at radius 1 is 1.05 bits per heavy atom. The molecule has 0 saturated carbocycles. The highest BCUT2D eigenvalue weighted by atomic mass is 16.5. The highest BCUT2D eigenvalue weighted by Gasteiger charge is 2.08. The normalized spacial score (nSPS) is 12.4. The predicted molar refractivity (Wildman–Crippen MR) is 86.1 cm³/mol. The van der Waals surface area contributed by atoms with E-state index in [0.29, 0.717) is 26.4 Å². The highest BCUT2D eigenvalue weighted by molar-refractivity contribution is 5.43. The Morgan fingerprint density at radius 3 is 2.24 bits per heavy atom. The molecule has 21 heavy (non-hydrogen) atoms. The van der Waals surface area contributed by atoms with Gasteiger partial charge in [-0.3, -0.25) is 0 Å². The van der Waals surface area contributed by atoms with Crippen LogP contribution in [-0.2, 0) is 15.9 Å². The number of hydrogen-bond acceptors (Lipinski definition) is 4. The van der Waals surface area contributed by atoms with Crippen molar-refractivity contribution >= 4 is 0 Å². The van der Waals surface area contributed by atoms with Crippen LogP contribution in [0.15, 0.2) is 12.1 Å². The summed E-state index contributed by atoms with van der Waals surface area (Å²) in [6.07, 6.45) is 1.91. The van der Waals surface area contributed by atoms with Crippen LogP contribution < -0.4 is 10.5 Å². The van der Waals surface area contributed by atoms with Crippen molar-refractivity contribution in [1.29, 1.82) is 0 Å². The Morgan fingerprint density at radius 2 is 1.67 bits per heavy atom. The Hall–Kier alpha value is -1.10. The van der Waals surface area contributed by atoms with Crippen molar-refractivity contribution in [2.75, 3.05) is 33.5 Å². The Labute approximate surface area is 128 Å². The molecule has 4 heteroatoms. The van der Waals surface area contributed by atoms with Gasteiger partial charge in [-0.25, -0.2) is 0 Å². The van der Waals surface area contributed by atoms with Gasteiger partial charge in [0.05, 0.1) is 19.8 Å². The van der Waals surface area contributed by atoms with Gasteiger partial charge in [0.15, 0.2) is 0 Å². The first-order valence-electron chi connectivity index (χ1n) is 7.63. The van der Waals surface area contributed by atoms with E-state index in [-0.39, 0.29) is 6.04 Å². The van der Waals surface area contributed by atoms with Crippen LogP contribution in [0.2, 0.25) is 0 Å². The number of ether oxygens (including phenoxy) is 3. The number of aryl methyl sites for hydroxylation is 2. The maximum atomic E-state index is 6.02. The summed E-state index contributed by atoms with van der Waals surface area (Å²) in [5, 5.41) is 0. The van der Waals surface area contributed by atoms with Gasteiger partial charge in [0.1, 0.15) is 12.4 Å². The minimum absolute atomic E-state index is 0.227. The van der Waals surface area contributed by atoms with Crippen LogP contribution in [0.4, 0.5) is 0 Å². The van der Waals surface area contributed by atoms with Gasteiger partial charge in [-0.2, -0.15) is 0 Å². The molecule has 0 bridgehead atoms. The van der Waals surface area contributed by atoms with Crippen molar-refractivity contribution in [3.63, 3.8) is 0 Å². The van der Waals surface area contributed by atoms with E-state index in [1.165, 1.54) is 5.56 Å². The molecule has 0 aliphatic carbocycles. The molecule has 0 amide bonds. The van der Waals surface area contributed by atoms with E-state index >= 15 is 0 Å². The van der Waals surface area contributed by atoms with Crippen molar-refractivity contribution in [3.05, 3.63) is 28.8 Å². The van der Waals surface area contributed by atoms with Gasteiger partial charge in [-0.05, 0) is 43.4 Å². The molecule has 1 aromatic carbocycles. The zero-order chi connectivity index (χ0) is 15.7. The fourth-order valence-corrected chi connectivity index (χ4v) is 2.28. The molecule has 1 aromatic rings. The summed E-state index contributed by atoms with van der Waals surface area (Å²) in [6.45, 7) is 8.62. The van der Waals surface area contributed by atoms with Crippen LogP contribution in [0, 0.1) is 13.8 Å². The molecule has 0 heterocycles. The molecule has 0 saturated heterocycles. The van der Waals surface area contributed by atoms with Gasteiger partial charge >= 0.3 is 0 Å². The van der Waals surface area contributed by atoms with Gasteiger partial charge in [0, 0.05) is 13.2 Å². The third-order valence-corrected chi connectivity index (χ3v) is 3.45. The lowest BCUT2D eigenvalue weighted by Gasteiger charge is -2.16. The van der Waals surface area contributed by atoms with Gasteiger partial charge in [0.25, 0.3) is 0 Å². The largest absolute Gasteiger partial charge is 0.491 e. The SMILES string of the molecule is CCC(N)Cc1cc(C)c(OCCOCCOC)c(C)c1. The van der Waals surface area contributed by atoms with E-state index in [2.05, 4.69) is 32.9 Å². The lowest BCUT2D eigenvalue weighted by atomic mass is 9.99. The van der Waals surface area contributed by atoms with E-state index in [9.17, 15) is 0 Å². The molecule has 120 valence electrons. The average molecular weight is 295 g/mol. The predicted octanol–water partition coefficient (Wildman–Crippen LogP) is 2.63. The van der Waals surface area contributed by atoms with Gasteiger partial charge in [0.2, 0.25) is 0 Å². The lowest BCUT2D eigenvalue weighted by Crippen LogP contribution is -2.21. The van der Waals surface area contributed by atoms with E-state index in [1.54, 1.807) is 7.11 Å². The zero-order valence-electron chi connectivity index (χ0n) is 13.8. The number of nitrogens with two attached hydrogens (primary N) is 1. The summed E-state index contributed by atoms with van der Waals surface area (Å²) in [7, 11) is 1.67. The maximum Gasteiger partial charge on any atom is 0.125 e. The van der Waals surface area contributed by atoms with E-state index in [0.717, 1.165) is 29.7 Å². The number of hydrogen-bond donors (Lipinski definition) is 1. The number of benzene rings is 1. The molecule has 0 aliphatic rings. The van der Waals surface area contributed by atoms with E-state index < -0.39 is 0 Å². The molecule has 1 atom stereocenters. The fraction of sp³-hybridized carbons (Fsp3) is 0.647. The van der Waals surface area contributed by atoms with Crippen LogP contribution >= 0.6 is 0 Å². The summed E-state index contributed by atoms with van der Waals surface area (Å²) in [6, 6.07) is 4.57. The molecule has 0 radical (unpaired) electrons. The molecule has 2 N–H and O–H groups in total. The summed E-state index contributed by atoms with van der Waals surface area (Å²) < 4.78 is 16.2. The molecule has 4 nitrogen and oxygen atoms in total. The molecule has 1 rings (SSSR count). The van der Waals surface area contributed by atoms with Crippen LogP contribution in [-0.4, -0.2) is 39.6 Å². The zero-order valence-corrected chi connectivity index (χ0v) is 13.8. The van der Waals surface area contributed by atoms with E-state index in [4.69, 9.17) is 19.9 Å². The molecule has 0 aromatic heterocycles. The molecular formula is C17H29NO3. The highest BCUT2D eigenvalue weighted by Crippen LogP contribution is 2.25. The van der Waals surface area contributed by atoms with Gasteiger partial charge < -0.3 is 19.9 Å². The lowest BCUT2D eigenvalue weighted by molar-refractivity contribution is 0.0542. The summed E-state index contributed by atoms with van der Waals surface area (Å²) in [4.78, 5) is 0. The van der Waals surface area contributed by atoms with Crippen molar-refractivity contribution < 1.29 is 14.2 Å². The third-order valence-electron chi connectivity index (χ3n) is 3.45. The maximum absolute atomic E-state index is 6.02. The summed E-state index contributed by atoms with van der Waals surface area (Å²) in [5.74, 6) is 0.958. The van der Waals surface area contributed by atoms with Crippen LogP contribution in [0.1, 0.15) is 30.0 Å². The fourth-order valence-electron chi connectivity index (χ4n) is 2.28. The minimum atomic E-state index is 0.227. The van der Waals surface area contributed by atoms with Crippen LogP contribution in [0.3, 0.4) is 0 Å². The molecular weight excluding hydrogens is 266 g/mol. The third kappa shape index (κ3) is 6.46. The van der Waals surface area contributed by atoms with Crippen molar-refractivity contribution in [2.45, 2.75) is 39.7 Å². The Bertz CT molecular complexity index is 397. The molecule has 0 aliphatic heterocycles. The molecule has 1 unspecified atom stereocenters. The number of methoxy groups -OCH3 is 1. The standard InChI is InChI=1S/C17H29NO3/c1-5-16(18)12-15-10-13(2)17(14(3)11-15)21-9-8-20-7-6-19-4/h10-11,16H,5-9,12,18H2,1-4H3. The second-order valence-corrected chi connectivity index (χ2v) is 5.38. The number of rotatable bonds is 10. The molecule has 0 spiro atoms. The van der Waals surface area contributed by atoms with Crippen molar-refractivity contribution in [1.82, 2.24) is 0 Å². The topological polar surface area (TPSA) is 53.7 Å². The smallest absolute Gasteiger partial charge is 0.125 e. The first kappa shape index (κ1) is 18.0. The van der Waals surface area contributed by atoms with Gasteiger partial charge in [-0.15, -0.1) is 0 Å². The van der Waals surface area contributed by atoms with Gasteiger partial charge in [-0.1, -0.05) is 19.1 Å². The second-order valence-electron chi connectivity index (χ2n) is 5.38. The van der Waals surface area contributed by atoms with Crippen molar-refractivity contribution in [3.8, 4) is 5.75 Å². The first-order chi connectivity index (χ1) is 10.1. The van der Waals surface area contributed by atoms with Crippen LogP contribution in [0.5, 0.6) is 5.75 Å². The van der Waals surface area contributed by atoms with Crippen molar-refractivity contribution in [2.24, 2.45) is 5.73 Å². The summed E-state index contributed by atoms with van der Waals surface area (Å²) in [5.41, 5.74) is 9.62. The minimum Gasteiger partial charge on any atom is -0.491 e. The quantitative estimate of drug-likeness (QED) is 0.674. The molecule has 0 fully saturated rings. The Kier molecular flexibility index (Phi) is 8.35. The monoisotopic (exact) mass is 295 g/mol. The summed E-state index contributed by atoms with van der Waals surface area (Å²) >= 11 is 0. The average Bonchev–Trinajstić information content (AvgIpc) is 2.44.